The van der Waals surface area contributed by atoms with E-state index >= 15 is 0 Å². The van der Waals surface area contributed by atoms with E-state index in [-0.39, 0.29) is 11.0 Å². The number of hydrogen-bond acceptors (Lipinski definition) is 4. The SMILES string of the molecule is C#CC(C)Nc1nnc(C(F)F)s1. The number of anilines is 1. The summed E-state index contributed by atoms with van der Waals surface area (Å²) >= 11 is 0.806. The number of alkyl halides is 2. The van der Waals surface area contributed by atoms with E-state index in [4.69, 9.17) is 6.42 Å². The minimum absolute atomic E-state index is 0.238. The van der Waals surface area contributed by atoms with Crippen LogP contribution in [0.4, 0.5) is 13.9 Å². The molecule has 1 N–H and O–H groups in total. The quantitative estimate of drug-likeness (QED) is 0.762. The Kier molecular flexibility index (Phi) is 3.14. The molecule has 1 unspecified atom stereocenters. The average Bonchev–Trinajstić information content (AvgIpc) is 2.52. The van der Waals surface area contributed by atoms with E-state index in [0.29, 0.717) is 5.13 Å². The van der Waals surface area contributed by atoms with Crippen molar-refractivity contribution in [1.82, 2.24) is 10.2 Å². The monoisotopic (exact) mass is 203 g/mol. The van der Waals surface area contributed by atoms with Gasteiger partial charge in [-0.05, 0) is 6.92 Å². The first-order chi connectivity index (χ1) is 6.13. The highest BCUT2D eigenvalue weighted by atomic mass is 32.1. The van der Waals surface area contributed by atoms with Crippen LogP contribution in [0.15, 0.2) is 0 Å². The van der Waals surface area contributed by atoms with Crippen molar-refractivity contribution in [2.75, 3.05) is 5.32 Å². The predicted octanol–water partition coefficient (Wildman–Crippen LogP) is 1.91. The van der Waals surface area contributed by atoms with E-state index in [1.165, 1.54) is 0 Å². The van der Waals surface area contributed by atoms with Gasteiger partial charge in [0.25, 0.3) is 6.43 Å². The van der Waals surface area contributed by atoms with Gasteiger partial charge in [0.1, 0.15) is 0 Å². The molecule has 0 aliphatic heterocycles. The van der Waals surface area contributed by atoms with Gasteiger partial charge in [0.2, 0.25) is 5.13 Å². The van der Waals surface area contributed by atoms with E-state index in [0.717, 1.165) is 11.3 Å². The Morgan fingerprint density at radius 3 is 2.69 bits per heavy atom. The van der Waals surface area contributed by atoms with Crippen LogP contribution in [0.3, 0.4) is 0 Å². The molecule has 0 bridgehead atoms. The third-order valence-corrected chi connectivity index (χ3v) is 2.08. The predicted molar refractivity (Wildman–Crippen MR) is 46.8 cm³/mol. The van der Waals surface area contributed by atoms with Gasteiger partial charge in [-0.3, -0.25) is 0 Å². The van der Waals surface area contributed by atoms with Gasteiger partial charge in [-0.15, -0.1) is 16.6 Å². The number of rotatable bonds is 3. The van der Waals surface area contributed by atoms with Gasteiger partial charge in [0.15, 0.2) is 5.01 Å². The van der Waals surface area contributed by atoms with Crippen LogP contribution in [0.5, 0.6) is 0 Å². The highest BCUT2D eigenvalue weighted by Crippen LogP contribution is 2.25. The molecule has 0 radical (unpaired) electrons. The van der Waals surface area contributed by atoms with Gasteiger partial charge in [-0.25, -0.2) is 8.78 Å². The van der Waals surface area contributed by atoms with E-state index in [9.17, 15) is 8.78 Å². The van der Waals surface area contributed by atoms with Crippen LogP contribution in [0.25, 0.3) is 0 Å². The lowest BCUT2D eigenvalue weighted by Gasteiger charge is -2.02. The summed E-state index contributed by atoms with van der Waals surface area (Å²) in [5.41, 5.74) is 0. The maximum absolute atomic E-state index is 12.0. The largest absolute Gasteiger partial charge is 0.347 e. The molecule has 1 heterocycles. The zero-order valence-electron chi connectivity index (χ0n) is 6.79. The summed E-state index contributed by atoms with van der Waals surface area (Å²) in [5.74, 6) is 2.39. The van der Waals surface area contributed by atoms with Gasteiger partial charge in [0, 0.05) is 0 Å². The molecule has 1 rings (SSSR count). The first-order valence-electron chi connectivity index (χ1n) is 3.47. The van der Waals surface area contributed by atoms with Crippen LogP contribution in [-0.4, -0.2) is 16.2 Å². The summed E-state index contributed by atoms with van der Waals surface area (Å²) in [6.07, 6.45) is 2.51. The molecule has 0 fully saturated rings. The second-order valence-electron chi connectivity index (χ2n) is 2.28. The minimum Gasteiger partial charge on any atom is -0.347 e. The van der Waals surface area contributed by atoms with Crippen LogP contribution in [-0.2, 0) is 0 Å². The maximum Gasteiger partial charge on any atom is 0.291 e. The molecular formula is C7H7F2N3S. The number of nitrogens with one attached hydrogen (secondary N) is 1. The third-order valence-electron chi connectivity index (χ3n) is 1.22. The Labute approximate surface area is 78.2 Å². The molecule has 0 saturated carbocycles. The molecule has 0 aliphatic carbocycles. The average molecular weight is 203 g/mol. The van der Waals surface area contributed by atoms with Crippen LogP contribution in [0.1, 0.15) is 18.4 Å². The van der Waals surface area contributed by atoms with Crippen molar-refractivity contribution in [2.45, 2.75) is 19.4 Å². The zero-order chi connectivity index (χ0) is 9.84. The summed E-state index contributed by atoms with van der Waals surface area (Å²) in [5, 5.41) is 9.56. The fourth-order valence-electron chi connectivity index (χ4n) is 0.608. The second-order valence-corrected chi connectivity index (χ2v) is 3.29. The first kappa shape index (κ1) is 9.86. The fraction of sp³-hybridized carbons (Fsp3) is 0.429. The number of aromatic nitrogens is 2. The van der Waals surface area contributed by atoms with Crippen LogP contribution in [0, 0.1) is 12.3 Å². The molecule has 1 atom stereocenters. The zero-order valence-corrected chi connectivity index (χ0v) is 7.61. The highest BCUT2D eigenvalue weighted by molar-refractivity contribution is 7.15. The van der Waals surface area contributed by atoms with Crippen LogP contribution >= 0.6 is 11.3 Å². The molecule has 70 valence electrons. The van der Waals surface area contributed by atoms with Crippen molar-refractivity contribution in [1.29, 1.82) is 0 Å². The molecule has 1 aromatic rings. The Balaban J connectivity index is 2.65. The summed E-state index contributed by atoms with van der Waals surface area (Å²) < 4.78 is 24.1. The van der Waals surface area contributed by atoms with Gasteiger partial charge >= 0.3 is 0 Å². The fourth-order valence-corrected chi connectivity index (χ4v) is 1.29. The van der Waals surface area contributed by atoms with E-state index in [1.54, 1.807) is 6.92 Å². The summed E-state index contributed by atoms with van der Waals surface area (Å²) in [6.45, 7) is 1.73. The van der Waals surface area contributed by atoms with Crippen molar-refractivity contribution >= 4 is 16.5 Å². The molecule has 0 aromatic carbocycles. The van der Waals surface area contributed by atoms with E-state index in [2.05, 4.69) is 21.4 Å². The lowest BCUT2D eigenvalue weighted by atomic mass is 10.4. The summed E-state index contributed by atoms with van der Waals surface area (Å²) in [7, 11) is 0. The smallest absolute Gasteiger partial charge is 0.291 e. The maximum atomic E-state index is 12.0. The lowest BCUT2D eigenvalue weighted by Crippen LogP contribution is -2.11. The Morgan fingerprint density at radius 2 is 2.23 bits per heavy atom. The first-order valence-corrected chi connectivity index (χ1v) is 4.29. The minimum atomic E-state index is -2.57. The van der Waals surface area contributed by atoms with Gasteiger partial charge in [0.05, 0.1) is 6.04 Å². The standard InChI is InChI=1S/C7H7F2N3S/c1-3-4(2)10-7-12-11-6(13-7)5(8)9/h1,4-5H,2H3,(H,10,12). The molecule has 1 aromatic heterocycles. The number of hydrogen-bond donors (Lipinski definition) is 1. The topological polar surface area (TPSA) is 37.8 Å². The summed E-state index contributed by atoms with van der Waals surface area (Å²) in [4.78, 5) is 0. The molecule has 6 heteroatoms. The molecule has 0 aliphatic rings. The molecule has 0 saturated heterocycles. The van der Waals surface area contributed by atoms with Crippen molar-refractivity contribution in [3.63, 3.8) is 0 Å². The molecule has 3 nitrogen and oxygen atoms in total. The van der Waals surface area contributed by atoms with Gasteiger partial charge in [-0.2, -0.15) is 0 Å². The molecular weight excluding hydrogens is 196 g/mol. The molecule has 0 spiro atoms. The van der Waals surface area contributed by atoms with Crippen molar-refractivity contribution in [3.05, 3.63) is 5.01 Å². The number of terminal acetylenes is 1. The Bertz CT molecular complexity index is 318. The second kappa shape index (κ2) is 4.14. The summed E-state index contributed by atoms with van der Waals surface area (Å²) in [6, 6.07) is -0.238. The van der Waals surface area contributed by atoms with Gasteiger partial charge < -0.3 is 5.32 Å². The third kappa shape index (κ3) is 2.63. The van der Waals surface area contributed by atoms with Crippen LogP contribution < -0.4 is 5.32 Å². The molecule has 0 amide bonds. The van der Waals surface area contributed by atoms with Crippen molar-refractivity contribution in [3.8, 4) is 12.3 Å². The Hall–Kier alpha value is -1.22. The Morgan fingerprint density at radius 1 is 1.54 bits per heavy atom. The van der Waals surface area contributed by atoms with Crippen molar-refractivity contribution < 1.29 is 8.78 Å². The number of halogens is 2. The van der Waals surface area contributed by atoms with E-state index in [1.807, 2.05) is 0 Å². The lowest BCUT2D eigenvalue weighted by molar-refractivity contribution is 0.150. The van der Waals surface area contributed by atoms with E-state index < -0.39 is 6.43 Å². The van der Waals surface area contributed by atoms with Crippen molar-refractivity contribution in [2.24, 2.45) is 0 Å². The normalized spacial score (nSPS) is 12.5. The highest BCUT2D eigenvalue weighted by Gasteiger charge is 2.14. The number of nitrogens with zero attached hydrogens (tertiary/aromatic N) is 2. The van der Waals surface area contributed by atoms with Crippen LogP contribution in [0.2, 0.25) is 0 Å². The van der Waals surface area contributed by atoms with Gasteiger partial charge in [-0.1, -0.05) is 17.3 Å². The molecule has 13 heavy (non-hydrogen) atoms.